The minimum Gasteiger partial charge on any atom is -0.456 e. The van der Waals surface area contributed by atoms with E-state index in [0.29, 0.717) is 0 Å². The second-order valence-electron chi connectivity index (χ2n) is 26.5. The molecule has 0 aliphatic carbocycles. The fraction of sp³-hybridized carbons (Fsp3) is 0. The van der Waals surface area contributed by atoms with Crippen LogP contribution < -0.4 is 9.80 Å². The maximum Gasteiger partial charge on any atom is 0.136 e. The van der Waals surface area contributed by atoms with Crippen LogP contribution in [0.2, 0.25) is 0 Å². The highest BCUT2D eigenvalue weighted by molar-refractivity contribution is 6.33. The molecule has 0 aliphatic rings. The van der Waals surface area contributed by atoms with Crippen molar-refractivity contribution in [3.63, 3.8) is 0 Å². The Balaban J connectivity index is 0.000000139. The number of fused-ring (bicyclic) bond motifs is 18. The summed E-state index contributed by atoms with van der Waals surface area (Å²) in [6.07, 6.45) is 0. The van der Waals surface area contributed by atoms with Crippen LogP contribution >= 0.6 is 0 Å². The SMILES string of the molecule is c1ccc(-c2ccc(N(c3ccc(-c4ccccc4)cc3)c3ccc(-c4cc5oc6ccc7oc8ccccc8c7c6c5c5ccccc45)cc3)cc2)cc1.c1ccc(-c2ccc(N(c3ccccc3)c3ccc(-c4cc5oc6ccc7oc8ccccc8c7c6c5c5ccccc45)cc3)cc2)cc1. The minimum absolute atomic E-state index is 0.860. The van der Waals surface area contributed by atoms with E-state index in [0.717, 1.165) is 150 Å². The topological polar surface area (TPSA) is 59.0 Å². The van der Waals surface area contributed by atoms with Gasteiger partial charge in [-0.25, -0.2) is 0 Å². The van der Waals surface area contributed by atoms with E-state index in [1.165, 1.54) is 49.5 Å². The first-order valence-corrected chi connectivity index (χ1v) is 35.3. The van der Waals surface area contributed by atoms with Gasteiger partial charge in [-0.3, -0.25) is 0 Å². The molecule has 21 aromatic rings. The molecule has 0 atom stereocenters. The zero-order valence-electron chi connectivity index (χ0n) is 56.3. The fourth-order valence-corrected chi connectivity index (χ4v) is 15.7. The number of para-hydroxylation sites is 3. The van der Waals surface area contributed by atoms with Crippen LogP contribution in [-0.2, 0) is 0 Å². The number of anilines is 6. The van der Waals surface area contributed by atoms with E-state index in [1.807, 2.05) is 48.5 Å². The number of rotatable bonds is 11. The quantitative estimate of drug-likeness (QED) is 0.129. The van der Waals surface area contributed by atoms with Gasteiger partial charge in [-0.2, -0.15) is 0 Å². The predicted molar refractivity (Wildman–Crippen MR) is 434 cm³/mol. The van der Waals surface area contributed by atoms with Crippen LogP contribution in [0.1, 0.15) is 0 Å². The van der Waals surface area contributed by atoms with Crippen molar-refractivity contribution in [2.45, 2.75) is 0 Å². The number of hydrogen-bond acceptors (Lipinski definition) is 6. The molecule has 17 aromatic carbocycles. The Bertz CT molecular complexity index is 6700. The summed E-state index contributed by atoms with van der Waals surface area (Å²) in [6, 6.07) is 133. The van der Waals surface area contributed by atoms with Crippen molar-refractivity contribution in [1.29, 1.82) is 0 Å². The molecule has 0 N–H and O–H groups in total. The summed E-state index contributed by atoms with van der Waals surface area (Å²) >= 11 is 0. The van der Waals surface area contributed by atoms with Gasteiger partial charge in [0.25, 0.3) is 0 Å². The number of furan rings is 4. The van der Waals surface area contributed by atoms with Crippen LogP contribution in [0.3, 0.4) is 0 Å². The third-order valence-corrected chi connectivity index (χ3v) is 20.6. The molecule has 4 aromatic heterocycles. The van der Waals surface area contributed by atoms with Crippen LogP contribution in [0, 0.1) is 0 Å². The van der Waals surface area contributed by atoms with Crippen LogP contribution in [0.25, 0.3) is 165 Å². The zero-order valence-corrected chi connectivity index (χ0v) is 56.3. The smallest absolute Gasteiger partial charge is 0.136 e. The average molecular weight is 1330 g/mol. The number of hydrogen-bond donors (Lipinski definition) is 0. The fourth-order valence-electron chi connectivity index (χ4n) is 15.7. The maximum absolute atomic E-state index is 6.66. The van der Waals surface area contributed by atoms with Crippen molar-refractivity contribution in [2.75, 3.05) is 9.80 Å². The Labute approximate surface area is 599 Å². The molecule has 0 amide bonds. The second-order valence-corrected chi connectivity index (χ2v) is 26.5. The van der Waals surface area contributed by atoms with Crippen molar-refractivity contribution in [3.05, 3.63) is 376 Å². The first-order valence-electron chi connectivity index (χ1n) is 35.3. The highest BCUT2D eigenvalue weighted by Crippen LogP contribution is 2.49. The maximum atomic E-state index is 6.66. The largest absolute Gasteiger partial charge is 0.456 e. The first-order chi connectivity index (χ1) is 51.6. The molecular weight excluding hydrogens is 1270 g/mol. The van der Waals surface area contributed by atoms with Crippen LogP contribution in [0.4, 0.5) is 34.1 Å². The molecule has 0 radical (unpaired) electrons. The Morgan fingerprint density at radius 2 is 0.375 bits per heavy atom. The van der Waals surface area contributed by atoms with Crippen LogP contribution in [0.15, 0.2) is 394 Å². The van der Waals surface area contributed by atoms with Gasteiger partial charge in [-0.05, 0) is 199 Å². The predicted octanol–water partition coefficient (Wildman–Crippen LogP) is 28.6. The van der Waals surface area contributed by atoms with Crippen molar-refractivity contribution in [1.82, 2.24) is 0 Å². The molecule has 6 nitrogen and oxygen atoms in total. The molecule has 488 valence electrons. The molecule has 0 saturated heterocycles. The van der Waals surface area contributed by atoms with E-state index in [2.05, 4.69) is 337 Å². The Morgan fingerprint density at radius 1 is 0.144 bits per heavy atom. The van der Waals surface area contributed by atoms with Gasteiger partial charge in [-0.1, -0.05) is 255 Å². The standard InChI is InChI=1S/C52H33NO2.C46H29NO2/c1-3-11-34(12-4-1)36-19-25-39(26-20-36)53(40-27-21-37(22-28-40)35-13-5-2-6-14-35)41-29-23-38(24-30-41)45-33-49-50(43-16-8-7-15-42(43)45)52-48(55-49)32-31-47-51(52)44-17-9-10-18-46(44)54-47;1-3-11-30(12-4-1)31-19-23-34(24-20-31)47(33-13-5-2-6-14-33)35-25-21-32(22-26-35)39-29-43-44(37-16-8-7-15-36(37)39)46-42(49-43)28-27-41-45(46)38-17-9-10-18-40(38)48-41/h1-33H;1-29H. The molecule has 0 spiro atoms. The average Bonchev–Trinajstić information content (AvgIpc) is 1.53. The lowest BCUT2D eigenvalue weighted by Gasteiger charge is -2.26. The van der Waals surface area contributed by atoms with Gasteiger partial charge >= 0.3 is 0 Å². The van der Waals surface area contributed by atoms with Gasteiger partial charge in [0.1, 0.15) is 44.7 Å². The summed E-state index contributed by atoms with van der Waals surface area (Å²) in [6.45, 7) is 0. The van der Waals surface area contributed by atoms with E-state index < -0.39 is 0 Å². The molecule has 0 unspecified atom stereocenters. The van der Waals surface area contributed by atoms with Gasteiger partial charge in [0.05, 0.1) is 0 Å². The van der Waals surface area contributed by atoms with Gasteiger partial charge < -0.3 is 27.5 Å². The van der Waals surface area contributed by atoms with E-state index in [-0.39, 0.29) is 0 Å². The monoisotopic (exact) mass is 1330 g/mol. The summed E-state index contributed by atoms with van der Waals surface area (Å²) in [5.41, 5.74) is 25.2. The van der Waals surface area contributed by atoms with Gasteiger partial charge in [-0.15, -0.1) is 0 Å². The summed E-state index contributed by atoms with van der Waals surface area (Å²) < 4.78 is 25.8. The molecule has 0 saturated carbocycles. The third kappa shape index (κ3) is 10.3. The summed E-state index contributed by atoms with van der Waals surface area (Å²) in [5, 5.41) is 13.5. The lowest BCUT2D eigenvalue weighted by Crippen LogP contribution is -2.09. The van der Waals surface area contributed by atoms with Crippen LogP contribution in [-0.4, -0.2) is 0 Å². The molecule has 4 heterocycles. The van der Waals surface area contributed by atoms with Crippen LogP contribution in [0.5, 0.6) is 0 Å². The third-order valence-electron chi connectivity index (χ3n) is 20.6. The molecule has 6 heteroatoms. The zero-order chi connectivity index (χ0) is 68.6. The lowest BCUT2D eigenvalue weighted by atomic mass is 9.94. The Kier molecular flexibility index (Phi) is 14.5. The normalized spacial score (nSPS) is 11.7. The van der Waals surface area contributed by atoms with Crippen molar-refractivity contribution < 1.29 is 17.7 Å². The Hall–Kier alpha value is -13.9. The highest BCUT2D eigenvalue weighted by atomic mass is 16.3. The van der Waals surface area contributed by atoms with Crippen molar-refractivity contribution in [2.24, 2.45) is 0 Å². The highest BCUT2D eigenvalue weighted by Gasteiger charge is 2.24. The van der Waals surface area contributed by atoms with E-state index in [4.69, 9.17) is 17.7 Å². The van der Waals surface area contributed by atoms with Crippen molar-refractivity contribution >= 4 is 143 Å². The van der Waals surface area contributed by atoms with Crippen molar-refractivity contribution in [3.8, 4) is 55.6 Å². The molecule has 0 bridgehead atoms. The number of nitrogens with zero attached hydrogens (tertiary/aromatic N) is 2. The summed E-state index contributed by atoms with van der Waals surface area (Å²) in [4.78, 5) is 4.63. The summed E-state index contributed by atoms with van der Waals surface area (Å²) in [5.74, 6) is 0. The molecule has 0 aliphatic heterocycles. The lowest BCUT2D eigenvalue weighted by molar-refractivity contribution is 0.663. The number of benzene rings is 17. The first kappa shape index (κ1) is 60.1. The second kappa shape index (κ2) is 25.0. The summed E-state index contributed by atoms with van der Waals surface area (Å²) in [7, 11) is 0. The van der Waals surface area contributed by atoms with E-state index in [1.54, 1.807) is 0 Å². The Morgan fingerprint density at radius 3 is 0.712 bits per heavy atom. The minimum atomic E-state index is 0.860. The van der Waals surface area contributed by atoms with Gasteiger partial charge in [0, 0.05) is 77.2 Å². The molecular formula is C98H62N2O4. The van der Waals surface area contributed by atoms with E-state index >= 15 is 0 Å². The molecule has 104 heavy (non-hydrogen) atoms. The van der Waals surface area contributed by atoms with Gasteiger partial charge in [0.15, 0.2) is 0 Å². The van der Waals surface area contributed by atoms with Gasteiger partial charge in [0.2, 0.25) is 0 Å². The molecule has 0 fully saturated rings. The van der Waals surface area contributed by atoms with E-state index in [9.17, 15) is 0 Å². The molecule has 21 rings (SSSR count).